The molecule has 2 aromatic rings. The number of carbonyl (C=O) groups is 3. The Labute approximate surface area is 210 Å². The molecule has 2 heterocycles. The monoisotopic (exact) mass is 521 g/mol. The average molecular weight is 522 g/mol. The van der Waals surface area contributed by atoms with Crippen LogP contribution in [0, 0.1) is 0 Å². The van der Waals surface area contributed by atoms with Crippen LogP contribution in [-0.4, -0.2) is 58.2 Å². The molecule has 0 spiro atoms. The number of thioether (sulfide) groups is 1. The Balaban J connectivity index is 1.35. The number of anilines is 2. The van der Waals surface area contributed by atoms with E-state index < -0.39 is 28.8 Å². The number of benzene rings is 2. The topological polar surface area (TPSA) is 60.9 Å². The lowest BCUT2D eigenvalue weighted by molar-refractivity contribution is -0.137. The van der Waals surface area contributed by atoms with Gasteiger partial charge in [-0.15, -0.1) is 0 Å². The summed E-state index contributed by atoms with van der Waals surface area (Å²) in [5.74, 6) is -1.10. The number of amides is 2. The molecule has 11 heteroatoms. The third-order valence-electron chi connectivity index (χ3n) is 5.96. The number of ketones is 1. The molecule has 0 aromatic heterocycles. The van der Waals surface area contributed by atoms with Crippen LogP contribution in [0.4, 0.5) is 24.5 Å². The normalized spacial score (nSPS) is 18.9. The molecule has 0 saturated carbocycles. The maximum Gasteiger partial charge on any atom is 0.416 e. The van der Waals surface area contributed by atoms with Crippen molar-refractivity contribution in [3.63, 3.8) is 0 Å². The van der Waals surface area contributed by atoms with Gasteiger partial charge in [0.2, 0.25) is 11.8 Å². The third-order valence-corrected chi connectivity index (χ3v) is 7.62. The minimum atomic E-state index is -4.57. The molecule has 0 bridgehead atoms. The highest BCUT2D eigenvalue weighted by atomic mass is 32.2. The standard InChI is InChI=1S/C24H22F3N3O3S2/c1-15(31)16-5-7-18(8-6-16)28-9-11-29(12-10-28)23(34)35-20-14-21(32)30(22(20)33)19-4-2-3-17(13-19)24(25,26)27/h2-8,13,20H,9-12,14H2,1H3/t20-/m1/s1. The van der Waals surface area contributed by atoms with Crippen LogP contribution in [0.15, 0.2) is 48.5 Å². The molecule has 2 aliphatic rings. The first-order chi connectivity index (χ1) is 16.5. The Morgan fingerprint density at radius 3 is 2.26 bits per heavy atom. The van der Waals surface area contributed by atoms with Gasteiger partial charge in [-0.05, 0) is 49.4 Å². The molecule has 1 atom stereocenters. The Morgan fingerprint density at radius 2 is 1.66 bits per heavy atom. The molecule has 2 aromatic carbocycles. The molecular weight excluding hydrogens is 499 g/mol. The summed E-state index contributed by atoms with van der Waals surface area (Å²) in [6, 6.07) is 11.6. The van der Waals surface area contributed by atoms with E-state index in [9.17, 15) is 27.6 Å². The van der Waals surface area contributed by atoms with E-state index in [1.807, 2.05) is 17.0 Å². The predicted octanol–water partition coefficient (Wildman–Crippen LogP) is 4.38. The zero-order valence-electron chi connectivity index (χ0n) is 18.7. The summed E-state index contributed by atoms with van der Waals surface area (Å²) in [6.07, 6.45) is -4.70. The summed E-state index contributed by atoms with van der Waals surface area (Å²) in [7, 11) is 0. The Morgan fingerprint density at radius 1 is 1.00 bits per heavy atom. The minimum absolute atomic E-state index is 0.00954. The van der Waals surface area contributed by atoms with Crippen LogP contribution in [0.2, 0.25) is 0 Å². The number of alkyl halides is 3. The van der Waals surface area contributed by atoms with Crippen LogP contribution in [0.3, 0.4) is 0 Å². The van der Waals surface area contributed by atoms with Crippen LogP contribution >= 0.6 is 24.0 Å². The molecule has 0 aliphatic carbocycles. The number of Topliss-reactive ketones (excluding diaryl/α,β-unsaturated/α-hetero) is 1. The predicted molar refractivity (Wildman–Crippen MR) is 133 cm³/mol. The quantitative estimate of drug-likeness (QED) is 0.336. The lowest BCUT2D eigenvalue weighted by Crippen LogP contribution is -2.48. The number of hydrogen-bond acceptors (Lipinski definition) is 6. The molecule has 2 fully saturated rings. The van der Waals surface area contributed by atoms with E-state index in [2.05, 4.69) is 4.90 Å². The summed E-state index contributed by atoms with van der Waals surface area (Å²) in [6.45, 7) is 4.13. The third kappa shape index (κ3) is 5.51. The fourth-order valence-corrected chi connectivity index (χ4v) is 5.58. The van der Waals surface area contributed by atoms with E-state index in [1.165, 1.54) is 19.1 Å². The van der Waals surface area contributed by atoms with Crippen LogP contribution in [0.1, 0.15) is 29.3 Å². The van der Waals surface area contributed by atoms with Gasteiger partial charge in [-0.1, -0.05) is 30.0 Å². The number of piperazine rings is 1. The van der Waals surface area contributed by atoms with Crippen LogP contribution < -0.4 is 9.80 Å². The largest absolute Gasteiger partial charge is 0.416 e. The van der Waals surface area contributed by atoms with Crippen molar-refractivity contribution in [2.24, 2.45) is 0 Å². The van der Waals surface area contributed by atoms with Crippen molar-refractivity contribution in [1.82, 2.24) is 4.90 Å². The van der Waals surface area contributed by atoms with Crippen molar-refractivity contribution in [2.45, 2.75) is 24.8 Å². The van der Waals surface area contributed by atoms with Gasteiger partial charge in [0.25, 0.3) is 0 Å². The number of imide groups is 1. The Bertz CT molecular complexity index is 1160. The van der Waals surface area contributed by atoms with Gasteiger partial charge >= 0.3 is 6.18 Å². The van der Waals surface area contributed by atoms with E-state index in [-0.39, 0.29) is 17.9 Å². The first-order valence-corrected chi connectivity index (χ1v) is 12.2. The second-order valence-electron chi connectivity index (χ2n) is 8.27. The summed E-state index contributed by atoms with van der Waals surface area (Å²) in [5, 5.41) is -0.776. The van der Waals surface area contributed by atoms with Crippen LogP contribution in [0.25, 0.3) is 0 Å². The smallest absolute Gasteiger partial charge is 0.368 e. The van der Waals surface area contributed by atoms with Gasteiger partial charge in [0.1, 0.15) is 9.57 Å². The lowest BCUT2D eigenvalue weighted by Gasteiger charge is -2.37. The zero-order valence-corrected chi connectivity index (χ0v) is 20.4. The van der Waals surface area contributed by atoms with E-state index in [0.29, 0.717) is 36.1 Å². The molecule has 0 radical (unpaired) electrons. The van der Waals surface area contributed by atoms with Gasteiger partial charge in [0.05, 0.1) is 11.3 Å². The molecule has 0 unspecified atom stereocenters. The Hall–Kier alpha value is -2.92. The summed E-state index contributed by atoms with van der Waals surface area (Å²) < 4.78 is 39.7. The molecule has 4 rings (SSSR count). The van der Waals surface area contributed by atoms with Crippen molar-refractivity contribution >= 4 is 57.3 Å². The highest BCUT2D eigenvalue weighted by molar-refractivity contribution is 8.23. The van der Waals surface area contributed by atoms with E-state index in [4.69, 9.17) is 12.2 Å². The maximum atomic E-state index is 13.1. The summed E-state index contributed by atoms with van der Waals surface area (Å²) in [5.41, 5.74) is 0.644. The first-order valence-electron chi connectivity index (χ1n) is 10.9. The van der Waals surface area contributed by atoms with Gasteiger partial charge in [-0.25, -0.2) is 4.90 Å². The highest BCUT2D eigenvalue weighted by Crippen LogP contribution is 2.35. The molecule has 184 valence electrons. The molecule has 2 aliphatic heterocycles. The number of halogens is 3. The fraction of sp³-hybridized carbons (Fsp3) is 0.333. The lowest BCUT2D eigenvalue weighted by atomic mass is 10.1. The average Bonchev–Trinajstić information content (AvgIpc) is 3.11. The molecular formula is C24H22F3N3O3S2. The van der Waals surface area contributed by atoms with Crippen LogP contribution in [-0.2, 0) is 15.8 Å². The molecule has 0 N–H and O–H groups in total. The van der Waals surface area contributed by atoms with Gasteiger partial charge in [0.15, 0.2) is 5.78 Å². The number of rotatable bonds is 4. The summed E-state index contributed by atoms with van der Waals surface area (Å²) >= 11 is 6.63. The van der Waals surface area contributed by atoms with Gasteiger partial charge in [-0.2, -0.15) is 13.2 Å². The zero-order chi connectivity index (χ0) is 25.3. The molecule has 2 amide bonds. The molecule has 6 nitrogen and oxygen atoms in total. The highest BCUT2D eigenvalue weighted by Gasteiger charge is 2.42. The van der Waals surface area contributed by atoms with Gasteiger partial charge < -0.3 is 9.80 Å². The van der Waals surface area contributed by atoms with Crippen molar-refractivity contribution < 1.29 is 27.6 Å². The van der Waals surface area contributed by atoms with Crippen molar-refractivity contribution in [3.05, 3.63) is 59.7 Å². The van der Waals surface area contributed by atoms with Crippen molar-refractivity contribution in [1.29, 1.82) is 0 Å². The maximum absolute atomic E-state index is 13.1. The molecule has 2 saturated heterocycles. The number of carbonyl (C=O) groups excluding carboxylic acids is 3. The van der Waals surface area contributed by atoms with Gasteiger partial charge in [-0.3, -0.25) is 14.4 Å². The second-order valence-corrected chi connectivity index (χ2v) is 10.1. The van der Waals surface area contributed by atoms with E-state index in [0.717, 1.165) is 34.5 Å². The first kappa shape index (κ1) is 25.2. The van der Waals surface area contributed by atoms with Gasteiger partial charge in [0, 0.05) is 43.9 Å². The summed E-state index contributed by atoms with van der Waals surface area (Å²) in [4.78, 5) is 41.8. The van der Waals surface area contributed by atoms with E-state index in [1.54, 1.807) is 12.1 Å². The molecule has 35 heavy (non-hydrogen) atoms. The Kier molecular flexibility index (Phi) is 7.18. The van der Waals surface area contributed by atoms with E-state index >= 15 is 0 Å². The number of thiocarbonyl (C=S) groups is 1. The van der Waals surface area contributed by atoms with Crippen molar-refractivity contribution in [2.75, 3.05) is 36.0 Å². The fourth-order valence-electron chi connectivity index (χ4n) is 4.04. The van der Waals surface area contributed by atoms with Crippen molar-refractivity contribution in [3.8, 4) is 0 Å². The second kappa shape index (κ2) is 9.98. The van der Waals surface area contributed by atoms with Crippen LogP contribution in [0.5, 0.6) is 0 Å². The SMILES string of the molecule is CC(=O)c1ccc(N2CCN(C(=S)S[C@@H]3CC(=O)N(c4cccc(C(F)(F)F)c4)C3=O)CC2)cc1. The minimum Gasteiger partial charge on any atom is -0.368 e. The number of hydrogen-bond donors (Lipinski definition) is 0. The number of nitrogens with zero attached hydrogens (tertiary/aromatic N) is 3.